The Morgan fingerprint density at radius 3 is 2.63 bits per heavy atom. The summed E-state index contributed by atoms with van der Waals surface area (Å²) >= 11 is 0. The van der Waals surface area contributed by atoms with Crippen LogP contribution in [0.4, 0.5) is 11.5 Å². The van der Waals surface area contributed by atoms with Crippen LogP contribution in [0.15, 0.2) is 6.33 Å². The Hall–Kier alpha value is -1.92. The maximum atomic E-state index is 11.1. The first-order valence-electron chi connectivity index (χ1n) is 6.21. The maximum absolute atomic E-state index is 11.1. The molecule has 19 heavy (non-hydrogen) atoms. The largest absolute Gasteiger partial charge is 0.473 e. The van der Waals surface area contributed by atoms with Gasteiger partial charge in [0.1, 0.15) is 6.33 Å². The average Bonchev–Trinajstić information content (AvgIpc) is 2.27. The monoisotopic (exact) mass is 268 g/mol. The topological polar surface area (TPSA) is 90.2 Å². The molecular formula is C12H20N4O3. The van der Waals surface area contributed by atoms with Crippen molar-refractivity contribution in [2.75, 3.05) is 18.5 Å². The second kappa shape index (κ2) is 6.31. The molecule has 0 aliphatic carbocycles. The van der Waals surface area contributed by atoms with Crippen molar-refractivity contribution < 1.29 is 9.66 Å². The fourth-order valence-corrected chi connectivity index (χ4v) is 1.38. The summed E-state index contributed by atoms with van der Waals surface area (Å²) in [5.41, 5.74) is -0.106. The molecular weight excluding hydrogens is 248 g/mol. The van der Waals surface area contributed by atoms with E-state index in [2.05, 4.69) is 36.1 Å². The smallest absolute Gasteiger partial charge is 0.372 e. The Morgan fingerprint density at radius 1 is 1.42 bits per heavy atom. The van der Waals surface area contributed by atoms with Crippen LogP contribution in [-0.4, -0.2) is 28.0 Å². The molecule has 1 heterocycles. The second-order valence-corrected chi connectivity index (χ2v) is 5.32. The van der Waals surface area contributed by atoms with Gasteiger partial charge in [-0.15, -0.1) is 0 Å². The van der Waals surface area contributed by atoms with Gasteiger partial charge in [-0.3, -0.25) is 10.1 Å². The Balaban J connectivity index is 2.87. The third kappa shape index (κ3) is 4.69. The van der Waals surface area contributed by atoms with Gasteiger partial charge in [0, 0.05) is 6.54 Å². The maximum Gasteiger partial charge on any atom is 0.372 e. The Labute approximate surface area is 112 Å². The minimum Gasteiger partial charge on any atom is -0.473 e. The fourth-order valence-electron chi connectivity index (χ4n) is 1.38. The molecule has 0 bridgehead atoms. The Bertz CT molecular complexity index is 443. The second-order valence-electron chi connectivity index (χ2n) is 5.32. The summed E-state index contributed by atoms with van der Waals surface area (Å²) in [7, 11) is 0. The summed E-state index contributed by atoms with van der Waals surface area (Å²) in [4.78, 5) is 18.3. The quantitative estimate of drug-likeness (QED) is 0.630. The average molecular weight is 268 g/mol. The molecule has 1 aromatic rings. The molecule has 0 radical (unpaired) electrons. The minimum atomic E-state index is -0.523. The highest BCUT2D eigenvalue weighted by molar-refractivity contribution is 5.60. The summed E-state index contributed by atoms with van der Waals surface area (Å²) in [6.45, 7) is 9.00. The van der Waals surface area contributed by atoms with Crippen molar-refractivity contribution in [3.8, 4) is 5.88 Å². The van der Waals surface area contributed by atoms with E-state index in [1.165, 1.54) is 6.33 Å². The first-order valence-corrected chi connectivity index (χ1v) is 6.21. The molecule has 106 valence electrons. The van der Waals surface area contributed by atoms with E-state index in [0.717, 1.165) is 6.42 Å². The number of nitrogens with one attached hydrogen (secondary N) is 1. The van der Waals surface area contributed by atoms with Crippen molar-refractivity contribution in [3.63, 3.8) is 0 Å². The van der Waals surface area contributed by atoms with Crippen LogP contribution >= 0.6 is 0 Å². The molecule has 1 rings (SSSR count). The van der Waals surface area contributed by atoms with Gasteiger partial charge in [0.25, 0.3) is 5.88 Å². The van der Waals surface area contributed by atoms with Crippen molar-refractivity contribution in [2.45, 2.75) is 34.1 Å². The number of aromatic nitrogens is 2. The minimum absolute atomic E-state index is 0.0141. The zero-order valence-electron chi connectivity index (χ0n) is 11.8. The van der Waals surface area contributed by atoms with Gasteiger partial charge >= 0.3 is 5.69 Å². The number of nitrogens with zero attached hydrogens (tertiary/aromatic N) is 3. The zero-order chi connectivity index (χ0) is 14.5. The third-order valence-corrected chi connectivity index (χ3v) is 2.41. The SMILES string of the molecule is CCNc1ncnc(OCCC(C)(C)C)c1[N+](=O)[O-]. The van der Waals surface area contributed by atoms with Crippen LogP contribution in [0.1, 0.15) is 34.1 Å². The number of nitro groups is 1. The highest BCUT2D eigenvalue weighted by Gasteiger charge is 2.24. The lowest BCUT2D eigenvalue weighted by Crippen LogP contribution is -2.13. The van der Waals surface area contributed by atoms with E-state index in [-0.39, 0.29) is 22.8 Å². The zero-order valence-corrected chi connectivity index (χ0v) is 11.8. The van der Waals surface area contributed by atoms with Crippen molar-refractivity contribution in [1.29, 1.82) is 0 Å². The van der Waals surface area contributed by atoms with Crippen LogP contribution in [-0.2, 0) is 0 Å². The van der Waals surface area contributed by atoms with E-state index in [9.17, 15) is 10.1 Å². The molecule has 0 atom stereocenters. The summed E-state index contributed by atoms with van der Waals surface area (Å²) < 4.78 is 5.43. The normalized spacial score (nSPS) is 11.2. The Kier molecular flexibility index (Phi) is 5.02. The van der Waals surface area contributed by atoms with Crippen LogP contribution in [0, 0.1) is 15.5 Å². The highest BCUT2D eigenvalue weighted by Crippen LogP contribution is 2.31. The van der Waals surface area contributed by atoms with Gasteiger partial charge in [0.15, 0.2) is 0 Å². The molecule has 7 heteroatoms. The molecule has 0 saturated carbocycles. The van der Waals surface area contributed by atoms with Gasteiger partial charge < -0.3 is 10.1 Å². The predicted octanol–water partition coefficient (Wildman–Crippen LogP) is 2.63. The lowest BCUT2D eigenvalue weighted by molar-refractivity contribution is -0.385. The van der Waals surface area contributed by atoms with E-state index in [1.807, 2.05) is 6.92 Å². The highest BCUT2D eigenvalue weighted by atomic mass is 16.6. The molecule has 1 aromatic heterocycles. The van der Waals surface area contributed by atoms with E-state index < -0.39 is 4.92 Å². The van der Waals surface area contributed by atoms with Gasteiger partial charge in [-0.05, 0) is 18.8 Å². The predicted molar refractivity (Wildman–Crippen MR) is 72.4 cm³/mol. The molecule has 0 aliphatic heterocycles. The molecule has 0 aliphatic rings. The van der Waals surface area contributed by atoms with Crippen molar-refractivity contribution in [1.82, 2.24) is 9.97 Å². The van der Waals surface area contributed by atoms with Crippen molar-refractivity contribution >= 4 is 11.5 Å². The molecule has 0 unspecified atom stereocenters. The number of rotatable bonds is 6. The molecule has 0 amide bonds. The summed E-state index contributed by atoms with van der Waals surface area (Å²) in [6.07, 6.45) is 2.04. The summed E-state index contributed by atoms with van der Waals surface area (Å²) in [5.74, 6) is 0.202. The van der Waals surface area contributed by atoms with Gasteiger partial charge in [0.05, 0.1) is 11.5 Å². The molecule has 0 spiro atoms. The van der Waals surface area contributed by atoms with Gasteiger partial charge in [-0.1, -0.05) is 20.8 Å². The number of hydrogen-bond acceptors (Lipinski definition) is 6. The third-order valence-electron chi connectivity index (χ3n) is 2.41. The standard InChI is InChI=1S/C12H20N4O3/c1-5-13-10-9(16(17)18)11(15-8-14-10)19-7-6-12(2,3)4/h8H,5-7H2,1-4H3,(H,13,14,15). The molecule has 7 nitrogen and oxygen atoms in total. The number of ether oxygens (including phenoxy) is 1. The van der Waals surface area contributed by atoms with Crippen LogP contribution in [0.2, 0.25) is 0 Å². The summed E-state index contributed by atoms with van der Waals surface area (Å²) in [5, 5.41) is 13.9. The van der Waals surface area contributed by atoms with E-state index in [4.69, 9.17) is 4.74 Å². The van der Waals surface area contributed by atoms with Crippen LogP contribution in [0.25, 0.3) is 0 Å². The van der Waals surface area contributed by atoms with Crippen molar-refractivity contribution in [2.24, 2.45) is 5.41 Å². The molecule has 0 saturated heterocycles. The lowest BCUT2D eigenvalue weighted by atomic mass is 9.93. The molecule has 1 N–H and O–H groups in total. The number of hydrogen-bond donors (Lipinski definition) is 1. The van der Waals surface area contributed by atoms with Crippen LogP contribution in [0.5, 0.6) is 5.88 Å². The fraction of sp³-hybridized carbons (Fsp3) is 0.667. The number of anilines is 1. The van der Waals surface area contributed by atoms with E-state index in [1.54, 1.807) is 0 Å². The Morgan fingerprint density at radius 2 is 2.11 bits per heavy atom. The van der Waals surface area contributed by atoms with Gasteiger partial charge in [-0.2, -0.15) is 4.98 Å². The first-order chi connectivity index (χ1) is 8.85. The van der Waals surface area contributed by atoms with Crippen molar-refractivity contribution in [3.05, 3.63) is 16.4 Å². The van der Waals surface area contributed by atoms with E-state index >= 15 is 0 Å². The van der Waals surface area contributed by atoms with Crippen LogP contribution < -0.4 is 10.1 Å². The lowest BCUT2D eigenvalue weighted by Gasteiger charge is -2.17. The summed E-state index contributed by atoms with van der Waals surface area (Å²) in [6, 6.07) is 0. The van der Waals surface area contributed by atoms with E-state index in [0.29, 0.717) is 13.2 Å². The first kappa shape index (κ1) is 15.1. The molecule has 0 fully saturated rings. The van der Waals surface area contributed by atoms with Crippen LogP contribution in [0.3, 0.4) is 0 Å². The van der Waals surface area contributed by atoms with Gasteiger partial charge in [0.2, 0.25) is 5.82 Å². The van der Waals surface area contributed by atoms with Gasteiger partial charge in [-0.25, -0.2) is 4.98 Å². The molecule has 0 aromatic carbocycles.